The van der Waals surface area contributed by atoms with Gasteiger partial charge in [-0.15, -0.1) is 0 Å². The standard InChI is InChI=1S/C22H24O6/c1-9-8-11(23)13-14-12(9)19-16(22(3,4)10(2)28-19)18(25-5)15(14)20(26-6)21(27-7)17(13)24/h8,10H,1-7H3,(H-,23,24)/p+1. The van der Waals surface area contributed by atoms with Gasteiger partial charge in [0.2, 0.25) is 5.75 Å². The summed E-state index contributed by atoms with van der Waals surface area (Å²) >= 11 is 0. The minimum atomic E-state index is -0.314. The van der Waals surface area contributed by atoms with E-state index in [-0.39, 0.29) is 34.2 Å². The number of phenols is 2. The number of aryl methyl sites for hydroxylation is 1. The van der Waals surface area contributed by atoms with E-state index < -0.39 is 0 Å². The first-order valence-corrected chi connectivity index (χ1v) is 9.17. The first kappa shape index (κ1) is 18.5. The topological polar surface area (TPSA) is 79.5 Å². The van der Waals surface area contributed by atoms with E-state index in [9.17, 15) is 10.2 Å². The predicted molar refractivity (Wildman–Crippen MR) is 109 cm³/mol. The average molecular weight is 385 g/mol. The zero-order valence-electron chi connectivity index (χ0n) is 17.2. The molecule has 4 rings (SSSR count). The molecule has 0 bridgehead atoms. The van der Waals surface area contributed by atoms with Crippen molar-refractivity contribution in [2.75, 3.05) is 21.3 Å². The summed E-state index contributed by atoms with van der Waals surface area (Å²) in [5.41, 5.74) is 2.18. The van der Waals surface area contributed by atoms with Gasteiger partial charge in [0.1, 0.15) is 17.1 Å². The third-order valence-electron chi connectivity index (χ3n) is 6.11. The van der Waals surface area contributed by atoms with Gasteiger partial charge in [-0.25, -0.2) is 4.42 Å². The van der Waals surface area contributed by atoms with Crippen LogP contribution in [0.3, 0.4) is 0 Å². The maximum absolute atomic E-state index is 10.9. The molecule has 148 valence electrons. The SMILES string of the molecule is COc1c(O)c2c(O)cc(C)c3c4c(c(OC)c(c1OC)c23)C(C)(C)C(C)[O+]=4. The van der Waals surface area contributed by atoms with Crippen LogP contribution in [-0.4, -0.2) is 37.6 Å². The van der Waals surface area contributed by atoms with Crippen LogP contribution in [0.15, 0.2) is 10.5 Å². The van der Waals surface area contributed by atoms with Gasteiger partial charge in [-0.05, 0) is 32.4 Å². The second-order valence-corrected chi connectivity index (χ2v) is 7.85. The molecule has 0 spiro atoms. The Morgan fingerprint density at radius 2 is 1.50 bits per heavy atom. The number of hydrogen-bond acceptors (Lipinski definition) is 5. The number of methoxy groups -OCH3 is 3. The van der Waals surface area contributed by atoms with E-state index in [1.165, 1.54) is 14.2 Å². The summed E-state index contributed by atoms with van der Waals surface area (Å²) in [5, 5.41) is 24.0. The Bertz CT molecular complexity index is 1190. The largest absolute Gasteiger partial charge is 0.507 e. The van der Waals surface area contributed by atoms with Gasteiger partial charge in [-0.2, -0.15) is 0 Å². The Kier molecular flexibility index (Phi) is 3.83. The van der Waals surface area contributed by atoms with Crippen molar-refractivity contribution in [3.05, 3.63) is 27.0 Å². The molecular weight excluding hydrogens is 360 g/mol. The molecule has 0 saturated heterocycles. The maximum Gasteiger partial charge on any atom is 0.359 e. The molecule has 3 aromatic carbocycles. The summed E-state index contributed by atoms with van der Waals surface area (Å²) in [6, 6.07) is 1.63. The lowest BCUT2D eigenvalue weighted by Gasteiger charge is -2.22. The van der Waals surface area contributed by atoms with Crippen molar-refractivity contribution in [3.63, 3.8) is 0 Å². The second-order valence-electron chi connectivity index (χ2n) is 7.85. The van der Waals surface area contributed by atoms with Crippen LogP contribution in [0.2, 0.25) is 0 Å². The highest BCUT2D eigenvalue weighted by molar-refractivity contribution is 6.21. The lowest BCUT2D eigenvalue weighted by Crippen LogP contribution is -2.28. The molecule has 0 aromatic heterocycles. The van der Waals surface area contributed by atoms with E-state index >= 15 is 0 Å². The Morgan fingerprint density at radius 1 is 0.893 bits per heavy atom. The van der Waals surface area contributed by atoms with Crippen LogP contribution in [0.25, 0.3) is 21.5 Å². The summed E-state index contributed by atoms with van der Waals surface area (Å²) in [6.07, 6.45) is -0.0818. The summed E-state index contributed by atoms with van der Waals surface area (Å²) in [7, 11) is 4.57. The van der Waals surface area contributed by atoms with Gasteiger partial charge in [0.05, 0.1) is 42.9 Å². The molecular formula is C22H25O6+. The Hall–Kier alpha value is -2.89. The molecule has 1 aliphatic heterocycles. The van der Waals surface area contributed by atoms with Crippen LogP contribution in [0.4, 0.5) is 0 Å². The highest BCUT2D eigenvalue weighted by atomic mass is 16.5. The van der Waals surface area contributed by atoms with Gasteiger partial charge >= 0.3 is 5.43 Å². The van der Waals surface area contributed by atoms with Gasteiger partial charge < -0.3 is 24.4 Å². The average Bonchev–Trinajstić information content (AvgIpc) is 2.87. The first-order valence-electron chi connectivity index (χ1n) is 9.17. The second kappa shape index (κ2) is 5.80. The number of phenolic OH excluding ortho intramolecular Hbond substituents is 2. The highest BCUT2D eigenvalue weighted by Crippen LogP contribution is 2.55. The van der Waals surface area contributed by atoms with Gasteiger partial charge in [0, 0.05) is 12.3 Å². The summed E-state index contributed by atoms with van der Waals surface area (Å²) in [5.74, 6) is 0.889. The number of hydrogen-bond donors (Lipinski definition) is 2. The molecule has 6 nitrogen and oxygen atoms in total. The zero-order valence-corrected chi connectivity index (χ0v) is 17.2. The molecule has 0 radical (unpaired) electrons. The van der Waals surface area contributed by atoms with E-state index in [0.717, 1.165) is 21.9 Å². The fraction of sp³-hybridized carbons (Fsp3) is 0.409. The van der Waals surface area contributed by atoms with E-state index in [1.807, 2.05) is 13.8 Å². The van der Waals surface area contributed by atoms with Crippen LogP contribution in [0.5, 0.6) is 28.7 Å². The summed E-state index contributed by atoms with van der Waals surface area (Å²) < 4.78 is 23.3. The molecule has 1 heterocycles. The van der Waals surface area contributed by atoms with Gasteiger partial charge in [0.15, 0.2) is 11.5 Å². The van der Waals surface area contributed by atoms with Gasteiger partial charge in [-0.3, -0.25) is 0 Å². The lowest BCUT2D eigenvalue weighted by atomic mass is 9.78. The van der Waals surface area contributed by atoms with Crippen LogP contribution in [-0.2, 0) is 5.41 Å². The van der Waals surface area contributed by atoms with Crippen molar-refractivity contribution in [3.8, 4) is 28.7 Å². The van der Waals surface area contributed by atoms with E-state index in [0.29, 0.717) is 22.3 Å². The molecule has 2 N–H and O–H groups in total. The number of rotatable bonds is 3. The summed E-state index contributed by atoms with van der Waals surface area (Å²) in [4.78, 5) is 0. The molecule has 28 heavy (non-hydrogen) atoms. The van der Waals surface area contributed by atoms with Crippen LogP contribution >= 0.6 is 0 Å². The van der Waals surface area contributed by atoms with Gasteiger partial charge in [0.25, 0.3) is 6.10 Å². The van der Waals surface area contributed by atoms with E-state index in [4.69, 9.17) is 18.6 Å². The van der Waals surface area contributed by atoms with Crippen molar-refractivity contribution in [2.24, 2.45) is 0 Å². The zero-order chi connectivity index (χ0) is 20.5. The van der Waals surface area contributed by atoms with Crippen LogP contribution < -0.4 is 19.6 Å². The molecule has 0 aliphatic carbocycles. The molecule has 1 atom stereocenters. The molecule has 3 aromatic rings. The summed E-state index contributed by atoms with van der Waals surface area (Å²) in [6.45, 7) is 8.16. The van der Waals surface area contributed by atoms with Gasteiger partial charge in [-0.1, -0.05) is 0 Å². The number of aromatic hydroxyl groups is 2. The number of benzene rings is 3. The quantitative estimate of drug-likeness (QED) is 0.671. The smallest absolute Gasteiger partial charge is 0.359 e. The molecule has 6 heteroatoms. The number of ether oxygens (including phenoxy) is 3. The number of fused-ring (bicyclic) bond motifs is 2. The monoisotopic (exact) mass is 385 g/mol. The Balaban J connectivity index is 2.47. The Labute approximate surface area is 162 Å². The van der Waals surface area contributed by atoms with E-state index in [1.54, 1.807) is 13.2 Å². The third kappa shape index (κ3) is 2.00. The van der Waals surface area contributed by atoms with Crippen molar-refractivity contribution in [1.29, 1.82) is 0 Å². The van der Waals surface area contributed by atoms with E-state index in [2.05, 4.69) is 13.8 Å². The van der Waals surface area contributed by atoms with Crippen molar-refractivity contribution >= 4 is 21.5 Å². The van der Waals surface area contributed by atoms with Crippen LogP contribution in [0.1, 0.15) is 31.9 Å². The molecule has 0 saturated carbocycles. The van der Waals surface area contributed by atoms with Crippen molar-refractivity contribution in [1.82, 2.24) is 0 Å². The van der Waals surface area contributed by atoms with Crippen LogP contribution in [0, 0.1) is 6.92 Å². The minimum Gasteiger partial charge on any atom is -0.507 e. The molecule has 1 unspecified atom stereocenters. The lowest BCUT2D eigenvalue weighted by molar-refractivity contribution is 0.335. The normalized spacial score (nSPS) is 17.6. The highest BCUT2D eigenvalue weighted by Gasteiger charge is 2.49. The maximum atomic E-state index is 10.9. The molecule has 1 aliphatic rings. The fourth-order valence-corrected chi connectivity index (χ4v) is 4.42. The molecule has 0 amide bonds. The molecule has 0 fully saturated rings. The van der Waals surface area contributed by atoms with Crippen molar-refractivity contribution in [2.45, 2.75) is 39.2 Å². The van der Waals surface area contributed by atoms with Crippen molar-refractivity contribution < 1.29 is 24.4 Å². The third-order valence-corrected chi connectivity index (χ3v) is 6.11. The minimum absolute atomic E-state index is 0.0410. The predicted octanol–water partition coefficient (Wildman–Crippen LogP) is 3.75. The fourth-order valence-electron chi connectivity index (χ4n) is 4.42. The first-order chi connectivity index (χ1) is 13.2. The Morgan fingerprint density at radius 3 is 2.07 bits per heavy atom.